The molecule has 0 radical (unpaired) electrons. The summed E-state index contributed by atoms with van der Waals surface area (Å²) in [6.07, 6.45) is 1.58. The molecule has 1 N–H and O–H groups in total. The number of nitrogens with one attached hydrogen (secondary N) is 1. The Hall–Kier alpha value is -1.22. The van der Waals surface area contributed by atoms with Crippen LogP contribution >= 0.6 is 35.6 Å². The van der Waals surface area contributed by atoms with Gasteiger partial charge in [-0.25, -0.2) is 13.1 Å². The van der Waals surface area contributed by atoms with Crippen molar-refractivity contribution < 1.29 is 17.9 Å². The highest BCUT2D eigenvalue weighted by molar-refractivity contribution is 7.89. The maximum Gasteiger partial charge on any atom is 0.243 e. The standard InChI is InChI=1S/C20H24Cl2N2O4S.ClH/c1-27-18-11-14-7-10-24(13-15(14)12-19(18)28-2)9-4-8-23-29(25,26)20-16(21)5-3-6-17(20)22;/h3,5-6,11-12,23H,4,7-10,13H2,1-2H3;1H. The highest BCUT2D eigenvalue weighted by Gasteiger charge is 2.22. The maximum atomic E-state index is 12.5. The van der Waals surface area contributed by atoms with Gasteiger partial charge >= 0.3 is 0 Å². The molecular formula is C20H25Cl3N2O4S. The van der Waals surface area contributed by atoms with E-state index in [1.54, 1.807) is 20.3 Å². The number of hydrogen-bond acceptors (Lipinski definition) is 5. The van der Waals surface area contributed by atoms with Crippen molar-refractivity contribution in [3.8, 4) is 11.5 Å². The normalized spacial score (nSPS) is 14.0. The number of halogens is 3. The van der Waals surface area contributed by atoms with Crippen LogP contribution in [0.5, 0.6) is 11.5 Å². The van der Waals surface area contributed by atoms with E-state index < -0.39 is 10.0 Å². The van der Waals surface area contributed by atoms with Gasteiger partial charge in [0.2, 0.25) is 10.0 Å². The van der Waals surface area contributed by atoms with Gasteiger partial charge in [-0.3, -0.25) is 4.90 Å². The molecule has 2 aromatic carbocycles. The first-order chi connectivity index (χ1) is 13.9. The van der Waals surface area contributed by atoms with Gasteiger partial charge in [-0.2, -0.15) is 0 Å². The molecule has 0 spiro atoms. The molecule has 0 fully saturated rings. The third-order valence-corrected chi connectivity index (χ3v) is 7.34. The maximum absolute atomic E-state index is 12.5. The number of nitrogens with zero attached hydrogens (tertiary/aromatic N) is 1. The molecule has 1 heterocycles. The lowest BCUT2D eigenvalue weighted by atomic mass is 9.98. The van der Waals surface area contributed by atoms with Crippen molar-refractivity contribution in [2.45, 2.75) is 24.3 Å². The van der Waals surface area contributed by atoms with Crippen LogP contribution in [0.3, 0.4) is 0 Å². The average Bonchev–Trinajstić information content (AvgIpc) is 2.69. The molecule has 6 nitrogen and oxygen atoms in total. The number of fused-ring (bicyclic) bond motifs is 1. The smallest absolute Gasteiger partial charge is 0.243 e. The van der Waals surface area contributed by atoms with Gasteiger partial charge in [0.25, 0.3) is 0 Å². The Morgan fingerprint density at radius 1 is 1.07 bits per heavy atom. The zero-order valence-corrected chi connectivity index (χ0v) is 19.9. The second-order valence-corrected chi connectivity index (χ2v) is 9.32. The summed E-state index contributed by atoms with van der Waals surface area (Å²) in [6, 6.07) is 8.69. The molecule has 1 aliphatic rings. The van der Waals surface area contributed by atoms with E-state index in [9.17, 15) is 8.42 Å². The first-order valence-corrected chi connectivity index (χ1v) is 11.5. The van der Waals surface area contributed by atoms with Crippen LogP contribution in [0, 0.1) is 0 Å². The van der Waals surface area contributed by atoms with Gasteiger partial charge in [0, 0.05) is 19.6 Å². The van der Waals surface area contributed by atoms with Crippen LogP contribution in [0.15, 0.2) is 35.2 Å². The number of benzene rings is 2. The van der Waals surface area contributed by atoms with Crippen LogP contribution in [0.2, 0.25) is 10.0 Å². The molecule has 0 saturated heterocycles. The largest absolute Gasteiger partial charge is 0.493 e. The van der Waals surface area contributed by atoms with E-state index in [0.717, 1.165) is 37.6 Å². The predicted molar refractivity (Wildman–Crippen MR) is 122 cm³/mol. The highest BCUT2D eigenvalue weighted by Crippen LogP contribution is 2.33. The van der Waals surface area contributed by atoms with Gasteiger partial charge in [-0.15, -0.1) is 12.4 Å². The topological polar surface area (TPSA) is 67.9 Å². The minimum Gasteiger partial charge on any atom is -0.493 e. The summed E-state index contributed by atoms with van der Waals surface area (Å²) in [5.74, 6) is 1.46. The number of methoxy groups -OCH3 is 2. The van der Waals surface area contributed by atoms with Gasteiger partial charge in [-0.1, -0.05) is 29.3 Å². The predicted octanol–water partition coefficient (Wildman–Crippen LogP) is 4.16. The van der Waals surface area contributed by atoms with Gasteiger partial charge < -0.3 is 9.47 Å². The number of sulfonamides is 1. The Morgan fingerprint density at radius 2 is 1.67 bits per heavy atom. The summed E-state index contributed by atoms with van der Waals surface area (Å²) in [4.78, 5) is 2.22. The lowest BCUT2D eigenvalue weighted by Gasteiger charge is -2.29. The number of hydrogen-bond donors (Lipinski definition) is 1. The number of rotatable bonds is 8. The molecule has 0 aromatic heterocycles. The molecule has 0 saturated carbocycles. The van der Waals surface area contributed by atoms with Crippen LogP contribution in [0.1, 0.15) is 17.5 Å². The zero-order valence-electron chi connectivity index (χ0n) is 16.8. The molecule has 166 valence electrons. The molecule has 1 aliphatic heterocycles. The molecule has 3 rings (SSSR count). The average molecular weight is 496 g/mol. The lowest BCUT2D eigenvalue weighted by molar-refractivity contribution is 0.250. The Morgan fingerprint density at radius 3 is 2.27 bits per heavy atom. The Bertz CT molecular complexity index is 966. The quantitative estimate of drug-likeness (QED) is 0.557. The van der Waals surface area contributed by atoms with Gasteiger partial charge in [0.1, 0.15) is 4.90 Å². The van der Waals surface area contributed by atoms with Gasteiger partial charge in [0.15, 0.2) is 11.5 Å². The molecule has 0 bridgehead atoms. The summed E-state index contributed by atoms with van der Waals surface area (Å²) in [5, 5.41) is 0.226. The van der Waals surface area contributed by atoms with Gasteiger partial charge in [0.05, 0.1) is 24.3 Å². The van der Waals surface area contributed by atoms with Crippen LogP contribution in [0.4, 0.5) is 0 Å². The fourth-order valence-corrected chi connectivity index (χ4v) is 5.67. The minimum atomic E-state index is -3.75. The van der Waals surface area contributed by atoms with E-state index in [4.69, 9.17) is 32.7 Å². The summed E-state index contributed by atoms with van der Waals surface area (Å²) in [5.41, 5.74) is 2.46. The van der Waals surface area contributed by atoms with E-state index in [1.807, 2.05) is 12.1 Å². The molecular weight excluding hydrogens is 471 g/mol. The van der Waals surface area contributed by atoms with Crippen molar-refractivity contribution in [3.63, 3.8) is 0 Å². The van der Waals surface area contributed by atoms with Crippen molar-refractivity contribution in [2.24, 2.45) is 0 Å². The van der Waals surface area contributed by atoms with Crippen LogP contribution < -0.4 is 14.2 Å². The van der Waals surface area contributed by atoms with E-state index in [1.165, 1.54) is 23.3 Å². The van der Waals surface area contributed by atoms with Crippen molar-refractivity contribution in [1.82, 2.24) is 9.62 Å². The van der Waals surface area contributed by atoms with Crippen molar-refractivity contribution in [2.75, 3.05) is 33.9 Å². The summed E-state index contributed by atoms with van der Waals surface area (Å²) in [6.45, 7) is 2.77. The third-order valence-electron chi connectivity index (χ3n) is 4.93. The van der Waals surface area contributed by atoms with Crippen molar-refractivity contribution in [3.05, 3.63) is 51.5 Å². The zero-order chi connectivity index (χ0) is 21.0. The molecule has 0 unspecified atom stereocenters. The molecule has 30 heavy (non-hydrogen) atoms. The number of ether oxygens (including phenoxy) is 2. The Labute approximate surface area is 193 Å². The Kier molecular flexibility index (Phi) is 9.09. The first kappa shape index (κ1) is 25.0. The highest BCUT2D eigenvalue weighted by atomic mass is 35.5. The van der Waals surface area contributed by atoms with E-state index in [2.05, 4.69) is 9.62 Å². The second kappa shape index (κ2) is 10.9. The van der Waals surface area contributed by atoms with Crippen LogP contribution in [-0.4, -0.2) is 47.2 Å². The first-order valence-electron chi connectivity index (χ1n) is 9.25. The Balaban J connectivity index is 0.00000320. The fraction of sp³-hybridized carbons (Fsp3) is 0.400. The molecule has 10 heteroatoms. The molecule has 0 aliphatic carbocycles. The SMILES string of the molecule is COc1cc2c(cc1OC)CN(CCCNS(=O)(=O)c1c(Cl)cccc1Cl)CC2.Cl. The summed E-state index contributed by atoms with van der Waals surface area (Å²) >= 11 is 12.0. The molecule has 0 atom stereocenters. The monoisotopic (exact) mass is 494 g/mol. The van der Waals surface area contributed by atoms with Crippen molar-refractivity contribution >= 4 is 45.6 Å². The lowest BCUT2D eigenvalue weighted by Crippen LogP contribution is -2.34. The second-order valence-electron chi connectivity index (χ2n) is 6.80. The summed E-state index contributed by atoms with van der Waals surface area (Å²) < 4.78 is 38.4. The van der Waals surface area contributed by atoms with E-state index >= 15 is 0 Å². The fourth-order valence-electron chi connectivity index (χ4n) is 3.45. The van der Waals surface area contributed by atoms with Crippen LogP contribution in [0.25, 0.3) is 0 Å². The third kappa shape index (κ3) is 5.72. The minimum absolute atomic E-state index is 0. The van der Waals surface area contributed by atoms with Crippen LogP contribution in [-0.2, 0) is 23.0 Å². The van der Waals surface area contributed by atoms with E-state index in [-0.39, 0.29) is 27.3 Å². The van der Waals surface area contributed by atoms with Crippen molar-refractivity contribution in [1.29, 1.82) is 0 Å². The van der Waals surface area contributed by atoms with E-state index in [0.29, 0.717) is 13.0 Å². The molecule has 2 aromatic rings. The molecule has 0 amide bonds. The summed E-state index contributed by atoms with van der Waals surface area (Å²) in [7, 11) is -0.490. The van der Waals surface area contributed by atoms with Gasteiger partial charge in [-0.05, 0) is 54.8 Å².